The smallest absolute Gasteiger partial charge is 0.00747 e. The summed E-state index contributed by atoms with van der Waals surface area (Å²) in [7, 11) is 0. The first kappa shape index (κ1) is 5.96. The molecular formula is C5H12N. The van der Waals surface area contributed by atoms with Crippen LogP contribution in [0.2, 0.25) is 0 Å². The Hall–Kier alpha value is -0.0400. The molecule has 1 nitrogen and oxygen atoms in total. The first-order valence-corrected chi connectivity index (χ1v) is 2.30. The minimum atomic E-state index is 0.523. The third kappa shape index (κ3) is 3.96. The lowest BCUT2D eigenvalue weighted by atomic mass is 10.1. The SMILES string of the molecule is [CH2]C(C)CCN. The molecule has 37 valence electrons. The maximum absolute atomic E-state index is 5.19. The largest absolute Gasteiger partial charge is 0.330 e. The van der Waals surface area contributed by atoms with Crippen molar-refractivity contribution in [2.24, 2.45) is 11.7 Å². The van der Waals surface area contributed by atoms with Crippen molar-refractivity contribution in [2.45, 2.75) is 13.3 Å². The number of nitrogens with two attached hydrogens (primary N) is 1. The fourth-order valence-electron chi connectivity index (χ4n) is 0.285. The standard InChI is InChI=1S/C5H12N/c1-5(2)3-4-6/h5H,1,3-4,6H2,2H3. The van der Waals surface area contributed by atoms with E-state index in [-0.39, 0.29) is 0 Å². The van der Waals surface area contributed by atoms with E-state index in [4.69, 9.17) is 5.73 Å². The number of hydrogen-bond donors (Lipinski definition) is 1. The lowest BCUT2D eigenvalue weighted by Gasteiger charge is -1.95. The van der Waals surface area contributed by atoms with E-state index in [2.05, 4.69) is 13.8 Å². The second-order valence-electron chi connectivity index (χ2n) is 1.68. The molecular weight excluding hydrogens is 74.1 g/mol. The molecule has 1 atom stereocenters. The van der Waals surface area contributed by atoms with E-state index in [0.29, 0.717) is 5.92 Å². The van der Waals surface area contributed by atoms with Crippen LogP contribution < -0.4 is 5.73 Å². The van der Waals surface area contributed by atoms with Crippen LogP contribution in [-0.2, 0) is 0 Å². The predicted octanol–water partition coefficient (Wildman–Crippen LogP) is 0.805. The van der Waals surface area contributed by atoms with Crippen LogP contribution >= 0.6 is 0 Å². The summed E-state index contributed by atoms with van der Waals surface area (Å²) in [4.78, 5) is 0. The van der Waals surface area contributed by atoms with Gasteiger partial charge in [0.1, 0.15) is 0 Å². The third-order valence-electron chi connectivity index (χ3n) is 0.659. The van der Waals surface area contributed by atoms with Gasteiger partial charge in [-0.3, -0.25) is 0 Å². The topological polar surface area (TPSA) is 26.0 Å². The van der Waals surface area contributed by atoms with E-state index in [1.807, 2.05) is 0 Å². The van der Waals surface area contributed by atoms with Gasteiger partial charge in [-0.25, -0.2) is 0 Å². The van der Waals surface area contributed by atoms with Gasteiger partial charge in [-0.15, -0.1) is 0 Å². The van der Waals surface area contributed by atoms with Crippen LogP contribution in [0, 0.1) is 12.8 Å². The zero-order valence-corrected chi connectivity index (χ0v) is 4.28. The van der Waals surface area contributed by atoms with E-state index >= 15 is 0 Å². The summed E-state index contributed by atoms with van der Waals surface area (Å²) in [6.07, 6.45) is 1.04. The third-order valence-corrected chi connectivity index (χ3v) is 0.659. The van der Waals surface area contributed by atoms with Crippen molar-refractivity contribution in [1.29, 1.82) is 0 Å². The predicted molar refractivity (Wildman–Crippen MR) is 28.2 cm³/mol. The number of hydrogen-bond acceptors (Lipinski definition) is 1. The maximum Gasteiger partial charge on any atom is -0.00747 e. The molecule has 0 rings (SSSR count). The van der Waals surface area contributed by atoms with Crippen molar-refractivity contribution >= 4 is 0 Å². The summed E-state index contributed by atoms with van der Waals surface area (Å²) in [6, 6.07) is 0. The zero-order chi connectivity index (χ0) is 4.99. The summed E-state index contributed by atoms with van der Waals surface area (Å²) < 4.78 is 0. The highest BCUT2D eigenvalue weighted by atomic mass is 14.5. The van der Waals surface area contributed by atoms with Gasteiger partial charge in [0.05, 0.1) is 0 Å². The molecule has 1 radical (unpaired) electrons. The minimum absolute atomic E-state index is 0.523. The molecule has 0 heterocycles. The highest BCUT2D eigenvalue weighted by Gasteiger charge is 1.86. The monoisotopic (exact) mass is 86.1 g/mol. The summed E-state index contributed by atoms with van der Waals surface area (Å²) in [5, 5.41) is 0. The molecule has 1 heteroatoms. The maximum atomic E-state index is 5.19. The molecule has 0 amide bonds. The van der Waals surface area contributed by atoms with Crippen LogP contribution in [0.25, 0.3) is 0 Å². The first-order valence-electron chi connectivity index (χ1n) is 2.30. The van der Waals surface area contributed by atoms with Gasteiger partial charge in [0.25, 0.3) is 0 Å². The van der Waals surface area contributed by atoms with Crippen LogP contribution in [0.4, 0.5) is 0 Å². The van der Waals surface area contributed by atoms with Crippen LogP contribution in [0.3, 0.4) is 0 Å². The van der Waals surface area contributed by atoms with Crippen molar-refractivity contribution in [1.82, 2.24) is 0 Å². The van der Waals surface area contributed by atoms with Gasteiger partial charge in [0.2, 0.25) is 0 Å². The van der Waals surface area contributed by atoms with Crippen molar-refractivity contribution in [2.75, 3.05) is 6.54 Å². The lowest BCUT2D eigenvalue weighted by Crippen LogP contribution is -2.02. The Morgan fingerprint density at radius 1 is 1.83 bits per heavy atom. The lowest BCUT2D eigenvalue weighted by molar-refractivity contribution is 0.655. The normalized spacial score (nSPS) is 10.0. The molecule has 1 unspecified atom stereocenters. The van der Waals surface area contributed by atoms with Crippen molar-refractivity contribution in [3.8, 4) is 0 Å². The average Bonchev–Trinajstić information content (AvgIpc) is 1.35. The highest BCUT2D eigenvalue weighted by molar-refractivity contribution is 4.52. The summed E-state index contributed by atoms with van der Waals surface area (Å²) in [6.45, 7) is 6.58. The van der Waals surface area contributed by atoms with E-state index in [1.165, 1.54) is 0 Å². The van der Waals surface area contributed by atoms with E-state index in [9.17, 15) is 0 Å². The molecule has 0 saturated carbocycles. The average molecular weight is 86.2 g/mol. The Bertz CT molecular complexity index is 25.1. The van der Waals surface area contributed by atoms with Gasteiger partial charge < -0.3 is 5.73 Å². The van der Waals surface area contributed by atoms with Crippen LogP contribution in [0.1, 0.15) is 13.3 Å². The van der Waals surface area contributed by atoms with Crippen molar-refractivity contribution < 1.29 is 0 Å². The number of rotatable bonds is 2. The van der Waals surface area contributed by atoms with Crippen molar-refractivity contribution in [3.05, 3.63) is 6.92 Å². The Morgan fingerprint density at radius 2 is 2.33 bits per heavy atom. The molecule has 0 aromatic carbocycles. The molecule has 2 N–H and O–H groups in total. The van der Waals surface area contributed by atoms with E-state index < -0.39 is 0 Å². The summed E-state index contributed by atoms with van der Waals surface area (Å²) in [5.41, 5.74) is 5.19. The van der Waals surface area contributed by atoms with Crippen LogP contribution in [0.15, 0.2) is 0 Å². The molecule has 0 aromatic rings. The van der Waals surface area contributed by atoms with Gasteiger partial charge in [0, 0.05) is 0 Å². The van der Waals surface area contributed by atoms with Crippen LogP contribution in [-0.4, -0.2) is 6.54 Å². The molecule has 0 aliphatic rings. The zero-order valence-electron chi connectivity index (χ0n) is 4.28. The molecule has 0 aromatic heterocycles. The fourth-order valence-corrected chi connectivity index (χ4v) is 0.285. The molecule has 0 aliphatic carbocycles. The molecule has 0 saturated heterocycles. The Balaban J connectivity index is 2.63. The summed E-state index contributed by atoms with van der Waals surface area (Å²) in [5.74, 6) is 0.523. The molecule has 6 heavy (non-hydrogen) atoms. The Morgan fingerprint density at radius 3 is 2.33 bits per heavy atom. The quantitative estimate of drug-likeness (QED) is 0.528. The fraction of sp³-hybridized carbons (Fsp3) is 0.800. The van der Waals surface area contributed by atoms with Crippen LogP contribution in [0.5, 0.6) is 0 Å². The second-order valence-corrected chi connectivity index (χ2v) is 1.68. The Kier molecular flexibility index (Phi) is 3.14. The molecule has 0 bridgehead atoms. The van der Waals surface area contributed by atoms with Gasteiger partial charge in [-0.05, 0) is 18.9 Å². The van der Waals surface area contributed by atoms with E-state index in [1.54, 1.807) is 0 Å². The van der Waals surface area contributed by atoms with Gasteiger partial charge in [0.15, 0.2) is 0 Å². The van der Waals surface area contributed by atoms with Gasteiger partial charge in [-0.1, -0.05) is 13.8 Å². The molecule has 0 spiro atoms. The molecule has 0 fully saturated rings. The first-order chi connectivity index (χ1) is 2.77. The van der Waals surface area contributed by atoms with E-state index in [0.717, 1.165) is 13.0 Å². The minimum Gasteiger partial charge on any atom is -0.330 e. The summed E-state index contributed by atoms with van der Waals surface area (Å²) >= 11 is 0. The molecule has 0 aliphatic heterocycles. The van der Waals surface area contributed by atoms with Gasteiger partial charge in [-0.2, -0.15) is 0 Å². The second kappa shape index (κ2) is 3.16. The Labute approximate surface area is 39.5 Å². The van der Waals surface area contributed by atoms with Gasteiger partial charge >= 0.3 is 0 Å². The van der Waals surface area contributed by atoms with Crippen molar-refractivity contribution in [3.63, 3.8) is 0 Å². The highest BCUT2D eigenvalue weighted by Crippen LogP contribution is 1.93.